The number of hydrogen-bond donors (Lipinski definition) is 5. The highest BCUT2D eigenvalue weighted by atomic mass is 16.4. The highest BCUT2D eigenvalue weighted by Crippen LogP contribution is 2.18. The van der Waals surface area contributed by atoms with Crippen LogP contribution in [0.1, 0.15) is 18.4 Å². The molecule has 1 amide bonds. The first-order chi connectivity index (χ1) is 15.1. The minimum Gasteiger partial charge on any atom is -0.426 e. The van der Waals surface area contributed by atoms with E-state index < -0.39 is 13.1 Å². The van der Waals surface area contributed by atoms with Crippen molar-refractivity contribution in [3.05, 3.63) is 90.3 Å². The van der Waals surface area contributed by atoms with Crippen LogP contribution >= 0.6 is 0 Å². The van der Waals surface area contributed by atoms with E-state index in [4.69, 9.17) is 0 Å². The van der Waals surface area contributed by atoms with Gasteiger partial charge < -0.3 is 20.8 Å². The van der Waals surface area contributed by atoms with E-state index in [0.29, 0.717) is 12.8 Å². The van der Waals surface area contributed by atoms with Crippen LogP contribution in [-0.2, 0) is 11.2 Å². The van der Waals surface area contributed by atoms with E-state index in [1.807, 2.05) is 84.0 Å². The van der Waals surface area contributed by atoms with Gasteiger partial charge in [-0.05, 0) is 41.3 Å². The summed E-state index contributed by atoms with van der Waals surface area (Å²) in [4.78, 5) is 12.4. The Labute approximate surface area is 181 Å². The van der Waals surface area contributed by atoms with Gasteiger partial charge in [-0.25, -0.2) is 0 Å². The molecule has 158 valence electrons. The number of rotatable bonds is 8. The largest absolute Gasteiger partial charge is 0.475 e. The Kier molecular flexibility index (Phi) is 6.52. The second-order valence-corrected chi connectivity index (χ2v) is 7.57. The van der Waals surface area contributed by atoms with Gasteiger partial charge in [0.15, 0.2) is 0 Å². The van der Waals surface area contributed by atoms with Gasteiger partial charge in [0.05, 0.1) is 11.6 Å². The first-order valence-electron chi connectivity index (χ1n) is 10.3. The van der Waals surface area contributed by atoms with E-state index in [2.05, 4.69) is 16.3 Å². The number of nitrogens with zero attached hydrogens (tertiary/aromatic N) is 1. The molecule has 0 aromatic heterocycles. The molecule has 1 unspecified atom stereocenters. The van der Waals surface area contributed by atoms with Crippen molar-refractivity contribution in [3.8, 4) is 0 Å². The second-order valence-electron chi connectivity index (χ2n) is 7.57. The first-order valence-corrected chi connectivity index (χ1v) is 10.3. The fourth-order valence-corrected chi connectivity index (χ4v) is 3.58. The van der Waals surface area contributed by atoms with Crippen molar-refractivity contribution in [1.82, 2.24) is 16.3 Å². The molecule has 1 aliphatic heterocycles. The number of fused-ring (bicyclic) bond motifs is 1. The van der Waals surface area contributed by atoms with Crippen LogP contribution in [-0.4, -0.2) is 29.0 Å². The van der Waals surface area contributed by atoms with Crippen molar-refractivity contribution in [3.63, 3.8) is 0 Å². The van der Waals surface area contributed by atoms with Gasteiger partial charge in [0, 0.05) is 18.3 Å². The van der Waals surface area contributed by atoms with Crippen molar-refractivity contribution < 1.29 is 14.8 Å². The van der Waals surface area contributed by atoms with E-state index in [1.165, 1.54) is 0 Å². The van der Waals surface area contributed by atoms with Crippen LogP contribution < -0.4 is 21.3 Å². The Hall–Kier alpha value is -3.33. The van der Waals surface area contributed by atoms with Gasteiger partial charge >= 0.3 is 7.12 Å². The number of hydrazine groups is 2. The van der Waals surface area contributed by atoms with Gasteiger partial charge in [-0.3, -0.25) is 9.80 Å². The maximum Gasteiger partial charge on any atom is 0.475 e. The predicted octanol–water partition coefficient (Wildman–Crippen LogP) is 2.03. The van der Waals surface area contributed by atoms with E-state index in [0.717, 1.165) is 27.7 Å². The summed E-state index contributed by atoms with van der Waals surface area (Å²) in [5.74, 6) is -1.02. The highest BCUT2D eigenvalue weighted by Gasteiger charge is 2.26. The topological polar surface area (TPSA) is 96.9 Å². The molecule has 8 heteroatoms. The number of benzene rings is 3. The zero-order valence-electron chi connectivity index (χ0n) is 17.0. The quantitative estimate of drug-likeness (QED) is 0.361. The minimum atomic E-state index is -1.64. The van der Waals surface area contributed by atoms with Crippen molar-refractivity contribution in [2.45, 2.75) is 25.2 Å². The summed E-state index contributed by atoms with van der Waals surface area (Å²) in [6.07, 6.45) is 2.95. The van der Waals surface area contributed by atoms with E-state index in [1.54, 1.807) is 0 Å². The number of carbonyl (C=O) groups excluding carboxylic acids is 1. The van der Waals surface area contributed by atoms with Crippen molar-refractivity contribution in [2.75, 3.05) is 5.01 Å². The summed E-state index contributed by atoms with van der Waals surface area (Å²) in [7, 11) is -1.64. The summed E-state index contributed by atoms with van der Waals surface area (Å²) in [6, 6.07) is 23.7. The normalized spacial score (nSPS) is 14.1. The number of anilines is 1. The molecule has 0 radical (unpaired) electrons. The third-order valence-electron chi connectivity index (χ3n) is 5.25. The summed E-state index contributed by atoms with van der Waals surface area (Å²) in [6.45, 7) is 0. The SMILES string of the molecule is O=C(CCC1=CN(c2ccccc2)NN1)NC(Cc1ccc2ccccc2c1)B(O)O. The smallest absolute Gasteiger partial charge is 0.426 e. The predicted molar refractivity (Wildman–Crippen MR) is 122 cm³/mol. The monoisotopic (exact) mass is 416 g/mol. The molecule has 0 spiro atoms. The molecule has 4 rings (SSSR count). The summed E-state index contributed by atoms with van der Waals surface area (Å²) >= 11 is 0. The van der Waals surface area contributed by atoms with Crippen LogP contribution in [0.4, 0.5) is 5.69 Å². The molecule has 3 aromatic rings. The number of carbonyl (C=O) groups is 1. The molecule has 3 aromatic carbocycles. The van der Waals surface area contributed by atoms with Crippen LogP contribution in [0, 0.1) is 0 Å². The maximum absolute atomic E-state index is 12.4. The first kappa shape index (κ1) is 20.9. The van der Waals surface area contributed by atoms with E-state index in [9.17, 15) is 14.8 Å². The second kappa shape index (κ2) is 9.66. The zero-order chi connectivity index (χ0) is 21.6. The number of allylic oxidation sites excluding steroid dienone is 1. The maximum atomic E-state index is 12.4. The Morgan fingerprint density at radius 2 is 1.74 bits per heavy atom. The fourth-order valence-electron chi connectivity index (χ4n) is 3.58. The van der Waals surface area contributed by atoms with Gasteiger partial charge in [-0.15, -0.1) is 5.53 Å². The number of hydrogen-bond acceptors (Lipinski definition) is 6. The molecule has 5 N–H and O–H groups in total. The van der Waals surface area contributed by atoms with Gasteiger partial charge in [0.25, 0.3) is 0 Å². The van der Waals surface area contributed by atoms with Gasteiger partial charge in [0.1, 0.15) is 0 Å². The molecule has 0 bridgehead atoms. The Balaban J connectivity index is 1.32. The molecule has 0 saturated carbocycles. The van der Waals surface area contributed by atoms with Crippen molar-refractivity contribution >= 4 is 29.5 Å². The molecular weight excluding hydrogens is 391 g/mol. The molecule has 1 aliphatic rings. The lowest BCUT2D eigenvalue weighted by Crippen LogP contribution is -2.47. The van der Waals surface area contributed by atoms with Gasteiger partial charge in [-0.2, -0.15) is 0 Å². The third-order valence-corrected chi connectivity index (χ3v) is 5.25. The average molecular weight is 416 g/mol. The lowest BCUT2D eigenvalue weighted by molar-refractivity contribution is -0.121. The molecule has 0 saturated heterocycles. The summed E-state index contributed by atoms with van der Waals surface area (Å²) in [5.41, 5.74) is 8.86. The average Bonchev–Trinajstić information content (AvgIpc) is 3.27. The van der Waals surface area contributed by atoms with Gasteiger partial charge in [-0.1, -0.05) is 60.7 Å². The minimum absolute atomic E-state index is 0.226. The zero-order valence-corrected chi connectivity index (χ0v) is 17.0. The van der Waals surface area contributed by atoms with E-state index >= 15 is 0 Å². The van der Waals surface area contributed by atoms with Crippen molar-refractivity contribution in [2.24, 2.45) is 0 Å². The van der Waals surface area contributed by atoms with Crippen LogP contribution in [0.5, 0.6) is 0 Å². The number of para-hydroxylation sites is 1. The fraction of sp³-hybridized carbons (Fsp3) is 0.174. The molecule has 0 fully saturated rings. The summed E-state index contributed by atoms with van der Waals surface area (Å²) < 4.78 is 0. The molecule has 1 heterocycles. The molecule has 1 atom stereocenters. The van der Waals surface area contributed by atoms with Crippen LogP contribution in [0.25, 0.3) is 10.8 Å². The van der Waals surface area contributed by atoms with Crippen molar-refractivity contribution in [1.29, 1.82) is 0 Å². The lowest BCUT2D eigenvalue weighted by Gasteiger charge is -2.18. The third kappa shape index (κ3) is 5.43. The van der Waals surface area contributed by atoms with Gasteiger partial charge in [0.2, 0.25) is 5.91 Å². The molecule has 7 nitrogen and oxygen atoms in total. The number of amides is 1. The highest BCUT2D eigenvalue weighted by molar-refractivity contribution is 6.43. The molecule has 31 heavy (non-hydrogen) atoms. The Morgan fingerprint density at radius 3 is 2.52 bits per heavy atom. The standard InChI is InChI=1S/C23H25BN4O3/c29-23(13-12-20-16-28(27-26-20)21-8-2-1-3-9-21)25-22(24(30)31)15-17-10-11-18-6-4-5-7-19(18)14-17/h1-11,14,16,22,26-27,30-31H,12-13,15H2,(H,25,29). The molecule has 0 aliphatic carbocycles. The Bertz CT molecular complexity index is 1070. The molecular formula is C23H25BN4O3. The lowest BCUT2D eigenvalue weighted by atomic mass is 9.75. The Morgan fingerprint density at radius 1 is 1.00 bits per heavy atom. The van der Waals surface area contributed by atoms with Crippen LogP contribution in [0.3, 0.4) is 0 Å². The van der Waals surface area contributed by atoms with E-state index in [-0.39, 0.29) is 12.3 Å². The number of nitrogens with one attached hydrogen (secondary N) is 3. The van der Waals surface area contributed by atoms with Crippen LogP contribution in [0.15, 0.2) is 84.7 Å². The van der Waals surface area contributed by atoms with Crippen LogP contribution in [0.2, 0.25) is 0 Å². The summed E-state index contributed by atoms with van der Waals surface area (Å²) in [5, 5.41) is 26.3.